The average Bonchev–Trinajstić information content (AvgIpc) is 2.40. The molecule has 160 valence electrons. The number of carbonyl (C=O) groups excluding carboxylic acids is 3. The topological polar surface area (TPSA) is 174 Å². The molecule has 0 bridgehead atoms. The van der Waals surface area contributed by atoms with Crippen LogP contribution in [-0.2, 0) is 19.1 Å². The Morgan fingerprint density at radius 3 is 2.04 bits per heavy atom. The monoisotopic (exact) mass is 431 g/mol. The first-order chi connectivity index (χ1) is 11.3. The second kappa shape index (κ2) is 13.5. The molecule has 0 aromatic heterocycles. The van der Waals surface area contributed by atoms with Gasteiger partial charge in [-0.05, 0) is 19.8 Å². The van der Waals surface area contributed by atoms with Crippen molar-refractivity contribution in [1.82, 2.24) is 0 Å². The van der Waals surface area contributed by atoms with E-state index < -0.39 is 35.8 Å². The summed E-state index contributed by atoms with van der Waals surface area (Å²) in [5.74, 6) is -4.61. The molecule has 27 heavy (non-hydrogen) atoms. The number of ether oxygens (including phenoxy) is 1. The molecule has 0 fully saturated rings. The first kappa shape index (κ1) is 30.1. The van der Waals surface area contributed by atoms with Crippen LogP contribution in [0, 0.1) is 5.92 Å². The second-order valence-corrected chi connectivity index (χ2v) is 6.91. The van der Waals surface area contributed by atoms with Crippen molar-refractivity contribution in [2.45, 2.75) is 31.9 Å². The molecule has 6 N–H and O–H groups in total. The van der Waals surface area contributed by atoms with Crippen molar-refractivity contribution in [3.8, 4) is 0 Å². The number of nitrogens with zero attached hydrogens (tertiary/aromatic N) is 2. The summed E-state index contributed by atoms with van der Waals surface area (Å²) in [5.41, 5.74) is 16.1. The van der Waals surface area contributed by atoms with Gasteiger partial charge in [-0.2, -0.15) is 0 Å². The molecule has 12 heteroatoms. The molecule has 3 atom stereocenters. The van der Waals surface area contributed by atoms with E-state index in [-0.39, 0.29) is 48.2 Å². The molecule has 0 radical (unpaired) electrons. The van der Waals surface area contributed by atoms with Crippen molar-refractivity contribution >= 4 is 48.5 Å². The van der Waals surface area contributed by atoms with Crippen molar-refractivity contribution in [2.75, 3.05) is 34.2 Å². The molecule has 0 aliphatic rings. The Labute approximate surface area is 171 Å². The molecule has 10 nitrogen and oxygen atoms in total. The van der Waals surface area contributed by atoms with E-state index in [1.165, 1.54) is 0 Å². The molecule has 0 saturated heterocycles. The van der Waals surface area contributed by atoms with Gasteiger partial charge in [0.15, 0.2) is 12.1 Å². The molecular weight excluding hydrogens is 401 g/mol. The molecule has 0 aliphatic carbocycles. The van der Waals surface area contributed by atoms with Crippen molar-refractivity contribution in [2.24, 2.45) is 28.1 Å². The van der Waals surface area contributed by atoms with Gasteiger partial charge in [-0.1, -0.05) is 0 Å². The van der Waals surface area contributed by atoms with E-state index in [4.69, 9.17) is 21.9 Å². The molecule has 0 amide bonds. The first-order valence-electron chi connectivity index (χ1n) is 7.88. The Bertz CT molecular complexity index is 507. The molecular formula is C15H31Cl2N5O5. The Morgan fingerprint density at radius 1 is 1.15 bits per heavy atom. The lowest BCUT2D eigenvalue weighted by atomic mass is 9.97. The van der Waals surface area contributed by atoms with Crippen molar-refractivity contribution in [3.05, 3.63) is 0 Å². The number of halogens is 2. The van der Waals surface area contributed by atoms with Crippen LogP contribution in [0.15, 0.2) is 4.99 Å². The number of hydrogen-bond acceptors (Lipinski definition) is 7. The van der Waals surface area contributed by atoms with Gasteiger partial charge >= 0.3 is 5.97 Å². The van der Waals surface area contributed by atoms with Gasteiger partial charge in [0.2, 0.25) is 0 Å². The molecule has 2 unspecified atom stereocenters. The predicted octanol–water partition coefficient (Wildman–Crippen LogP) is -2.22. The van der Waals surface area contributed by atoms with Crippen LogP contribution >= 0.6 is 24.8 Å². The molecule has 0 spiro atoms. The summed E-state index contributed by atoms with van der Waals surface area (Å²) in [5, 5.41) is 11.3. The van der Waals surface area contributed by atoms with Crippen LogP contribution in [0.5, 0.6) is 0 Å². The van der Waals surface area contributed by atoms with E-state index in [1.54, 1.807) is 21.1 Å². The molecule has 0 aromatic carbocycles. The third-order valence-electron chi connectivity index (χ3n) is 3.33. The van der Waals surface area contributed by atoms with Crippen LogP contribution in [0.4, 0.5) is 0 Å². The third kappa shape index (κ3) is 13.2. The van der Waals surface area contributed by atoms with Crippen LogP contribution in [0.3, 0.4) is 0 Å². The van der Waals surface area contributed by atoms with Gasteiger partial charge in [0.05, 0.1) is 33.0 Å². The second-order valence-electron chi connectivity index (χ2n) is 6.91. The number of carboxylic acids is 1. The summed E-state index contributed by atoms with van der Waals surface area (Å²) < 4.78 is 5.53. The van der Waals surface area contributed by atoms with Crippen LogP contribution in [0.1, 0.15) is 19.8 Å². The Morgan fingerprint density at radius 2 is 1.67 bits per heavy atom. The molecule has 0 aliphatic heterocycles. The lowest BCUT2D eigenvalue weighted by Crippen LogP contribution is -2.53. The number of nitrogens with two attached hydrogens (primary N) is 3. The highest BCUT2D eigenvalue weighted by Gasteiger charge is 2.35. The van der Waals surface area contributed by atoms with E-state index in [0.717, 1.165) is 6.92 Å². The van der Waals surface area contributed by atoms with Gasteiger partial charge in [-0.25, -0.2) is 0 Å². The Hall–Kier alpha value is -1.62. The maximum absolute atomic E-state index is 12.2. The number of aliphatic carboxylic acids is 1. The molecule has 0 rings (SSSR count). The molecule has 0 heterocycles. The minimum atomic E-state index is -1.58. The molecule has 0 saturated carbocycles. The van der Waals surface area contributed by atoms with Crippen LogP contribution < -0.4 is 22.3 Å². The van der Waals surface area contributed by atoms with Crippen molar-refractivity contribution < 1.29 is 28.7 Å². The van der Waals surface area contributed by atoms with E-state index in [0.29, 0.717) is 13.0 Å². The van der Waals surface area contributed by atoms with Gasteiger partial charge in [-0.15, -0.1) is 24.8 Å². The summed E-state index contributed by atoms with van der Waals surface area (Å²) in [6, 6.07) is -0.974. The number of guanidine groups is 1. The fourth-order valence-electron chi connectivity index (χ4n) is 2.20. The number of hydrogen-bond donors (Lipinski definition) is 3. The number of quaternary nitrogens is 1. The summed E-state index contributed by atoms with van der Waals surface area (Å²) in [4.78, 5) is 38.9. The Kier molecular flexibility index (Phi) is 15.1. The first-order valence-corrected chi connectivity index (χ1v) is 7.88. The zero-order chi connectivity index (χ0) is 19.8. The van der Waals surface area contributed by atoms with E-state index >= 15 is 0 Å². The number of ketones is 1. The summed E-state index contributed by atoms with van der Waals surface area (Å²) in [7, 11) is 5.34. The van der Waals surface area contributed by atoms with E-state index in [2.05, 4.69) is 4.99 Å². The van der Waals surface area contributed by atoms with Gasteiger partial charge < -0.3 is 36.3 Å². The number of Topliss-reactive ketones (excluding diaryl/α,β-unsaturated/α-hetero) is 1. The third-order valence-corrected chi connectivity index (χ3v) is 3.33. The predicted molar refractivity (Wildman–Crippen MR) is 104 cm³/mol. The maximum Gasteiger partial charge on any atom is 0.323 e. The van der Waals surface area contributed by atoms with Gasteiger partial charge in [0.1, 0.15) is 18.4 Å². The largest absolute Gasteiger partial charge is 0.549 e. The summed E-state index contributed by atoms with van der Waals surface area (Å²) >= 11 is 0. The maximum atomic E-state index is 12.2. The summed E-state index contributed by atoms with van der Waals surface area (Å²) in [6.07, 6.45) is -0.466. The van der Waals surface area contributed by atoms with Crippen LogP contribution in [0.25, 0.3) is 0 Å². The van der Waals surface area contributed by atoms with Gasteiger partial charge in [-0.3, -0.25) is 14.6 Å². The van der Waals surface area contributed by atoms with E-state index in [9.17, 15) is 19.5 Å². The van der Waals surface area contributed by atoms with Crippen molar-refractivity contribution in [3.63, 3.8) is 0 Å². The van der Waals surface area contributed by atoms with Crippen LogP contribution in [-0.4, -0.2) is 74.5 Å². The molecule has 0 aromatic rings. The highest BCUT2D eigenvalue weighted by Crippen LogP contribution is 2.14. The number of esters is 1. The summed E-state index contributed by atoms with van der Waals surface area (Å²) in [6.45, 7) is 1.54. The van der Waals surface area contributed by atoms with Crippen LogP contribution in [0.2, 0.25) is 0 Å². The normalized spacial score (nSPS) is 13.8. The number of carboxylic acid groups (broad SMARTS) is 1. The minimum Gasteiger partial charge on any atom is -0.549 e. The lowest BCUT2D eigenvalue weighted by Gasteiger charge is -2.33. The SMILES string of the molecule is CC(=O)C(C(=O)[O-])C(C[N+](C)(C)C)OC(=O)[C@@H](N)CCCN=C(N)N.Cl.Cl. The highest BCUT2D eigenvalue weighted by molar-refractivity contribution is 5.97. The van der Waals surface area contributed by atoms with E-state index in [1.807, 2.05) is 0 Å². The smallest absolute Gasteiger partial charge is 0.323 e. The zero-order valence-corrected chi connectivity index (χ0v) is 17.7. The zero-order valence-electron chi connectivity index (χ0n) is 16.0. The Balaban J connectivity index is -0.00000288. The minimum absolute atomic E-state index is 0. The number of likely N-dealkylation sites (N-methyl/N-ethyl adjacent to an activating group) is 1. The van der Waals surface area contributed by atoms with Crippen molar-refractivity contribution in [1.29, 1.82) is 0 Å². The fraction of sp³-hybridized carbons (Fsp3) is 0.733. The number of aliphatic imine (C=N–C) groups is 1. The van der Waals surface area contributed by atoms with Gasteiger partial charge in [0, 0.05) is 6.54 Å². The lowest BCUT2D eigenvalue weighted by molar-refractivity contribution is -0.873. The number of carbonyl (C=O) groups is 3. The average molecular weight is 432 g/mol. The van der Waals surface area contributed by atoms with Gasteiger partial charge in [0.25, 0.3) is 0 Å². The quantitative estimate of drug-likeness (QED) is 0.0822. The number of rotatable bonds is 11. The fourth-order valence-corrected chi connectivity index (χ4v) is 2.20. The highest BCUT2D eigenvalue weighted by atomic mass is 35.5. The standard InChI is InChI=1S/C15H29N5O5.2ClH/c1-9(21)12(13(22)23)11(8-20(2,3)4)25-14(24)10(16)6-5-7-19-15(17)18;;/h10-12H,5-8,16H2,1-4H3,(H4-,17,18,19,22,23);2*1H/t10-,11?,12?;;/m0../s1.